The summed E-state index contributed by atoms with van der Waals surface area (Å²) in [6.45, 7) is 1.61. The van der Waals surface area contributed by atoms with Crippen molar-refractivity contribution in [1.29, 1.82) is 5.41 Å². The number of anilines is 1. The van der Waals surface area contributed by atoms with Crippen LogP contribution in [0.15, 0.2) is 65.1 Å². The summed E-state index contributed by atoms with van der Waals surface area (Å²) in [4.78, 5) is 11.1. The van der Waals surface area contributed by atoms with Crippen molar-refractivity contribution in [2.45, 2.75) is 51.4 Å². The fraction of sp³-hybridized carbons (Fsp3) is 0.355. The molecule has 1 amide bonds. The molecule has 3 N–H and O–H groups in total. The summed E-state index contributed by atoms with van der Waals surface area (Å²) in [5.41, 5.74) is 4.52. The van der Waals surface area contributed by atoms with E-state index < -0.39 is 0 Å². The monoisotopic (exact) mass is 535 g/mol. The van der Waals surface area contributed by atoms with Gasteiger partial charge in [0.2, 0.25) is 5.91 Å². The molecule has 0 saturated heterocycles. The highest BCUT2D eigenvalue weighted by Crippen LogP contribution is 2.40. The van der Waals surface area contributed by atoms with Crippen LogP contribution in [0.3, 0.4) is 0 Å². The number of hydrogen-bond acceptors (Lipinski definition) is 4. The molecule has 4 rings (SSSR count). The standard InChI is InChI=1S/C31H35ClFN3O2/c32-21-30(37)36-18-8-6-4-2-1-3-5-7-17-35-25-14-16-27-29(20-25)38-28-19-24(34)13-15-26(28)31(27)22-9-11-23(33)12-10-22/h9-16,19-20,34-35H,1-8,17-18,21H2,(H,36,37). The van der Waals surface area contributed by atoms with Gasteiger partial charge in [-0.05, 0) is 54.8 Å². The van der Waals surface area contributed by atoms with Gasteiger partial charge in [-0.1, -0.05) is 50.7 Å². The average Bonchev–Trinajstić information content (AvgIpc) is 2.92. The summed E-state index contributed by atoms with van der Waals surface area (Å²) in [7, 11) is 0. The SMILES string of the molecule is N=c1ccc2c(-c3ccc(F)cc3)c3ccc(NCCCCCCCCCCNC(=O)CCl)cc3oc-2c1. The minimum Gasteiger partial charge on any atom is -0.456 e. The van der Waals surface area contributed by atoms with Crippen molar-refractivity contribution >= 4 is 34.2 Å². The molecule has 200 valence electrons. The molecule has 0 atom stereocenters. The van der Waals surface area contributed by atoms with E-state index in [1.807, 2.05) is 12.1 Å². The molecule has 0 bridgehead atoms. The second kappa shape index (κ2) is 14.0. The molecule has 0 saturated carbocycles. The molecule has 7 heteroatoms. The third-order valence-corrected chi connectivity index (χ3v) is 6.97. The molecular formula is C31H35ClFN3O2. The Kier molecular flexibility index (Phi) is 10.2. The Morgan fingerprint density at radius 1 is 0.842 bits per heavy atom. The normalized spacial score (nSPS) is 11.2. The van der Waals surface area contributed by atoms with Crippen LogP contribution in [-0.4, -0.2) is 24.9 Å². The van der Waals surface area contributed by atoms with Crippen molar-refractivity contribution in [1.82, 2.24) is 5.32 Å². The molecule has 38 heavy (non-hydrogen) atoms. The first-order valence-electron chi connectivity index (χ1n) is 13.4. The number of rotatable bonds is 14. The van der Waals surface area contributed by atoms with Gasteiger partial charge in [0.25, 0.3) is 0 Å². The summed E-state index contributed by atoms with van der Waals surface area (Å²) in [6, 6.07) is 18.0. The van der Waals surface area contributed by atoms with Gasteiger partial charge in [0, 0.05) is 47.4 Å². The lowest BCUT2D eigenvalue weighted by Crippen LogP contribution is -2.25. The number of halogens is 2. The predicted octanol–water partition coefficient (Wildman–Crippen LogP) is 7.71. The third kappa shape index (κ3) is 7.57. The van der Waals surface area contributed by atoms with Crippen molar-refractivity contribution in [3.05, 3.63) is 71.8 Å². The summed E-state index contributed by atoms with van der Waals surface area (Å²) in [5.74, 6) is 0.313. The van der Waals surface area contributed by atoms with E-state index in [0.29, 0.717) is 17.7 Å². The lowest BCUT2D eigenvalue weighted by atomic mass is 9.93. The van der Waals surface area contributed by atoms with E-state index in [2.05, 4.69) is 22.8 Å². The Morgan fingerprint density at radius 3 is 2.24 bits per heavy atom. The number of nitrogens with one attached hydrogen (secondary N) is 3. The van der Waals surface area contributed by atoms with Crippen LogP contribution in [0.1, 0.15) is 51.4 Å². The highest BCUT2D eigenvalue weighted by Gasteiger charge is 2.17. The van der Waals surface area contributed by atoms with Crippen molar-refractivity contribution in [2.75, 3.05) is 24.3 Å². The minimum atomic E-state index is -0.270. The van der Waals surface area contributed by atoms with Crippen LogP contribution in [0, 0.1) is 11.2 Å². The summed E-state index contributed by atoms with van der Waals surface area (Å²) in [5, 5.41) is 15.7. The van der Waals surface area contributed by atoms with E-state index in [0.717, 1.165) is 59.2 Å². The molecule has 2 aromatic carbocycles. The van der Waals surface area contributed by atoms with E-state index >= 15 is 0 Å². The van der Waals surface area contributed by atoms with Crippen molar-refractivity contribution in [3.8, 4) is 22.5 Å². The van der Waals surface area contributed by atoms with E-state index in [1.54, 1.807) is 24.3 Å². The summed E-state index contributed by atoms with van der Waals surface area (Å²) < 4.78 is 19.8. The number of benzene rings is 3. The Labute approximate surface area is 228 Å². The van der Waals surface area contributed by atoms with Crippen LogP contribution in [0.4, 0.5) is 10.1 Å². The Morgan fingerprint density at radius 2 is 1.53 bits per heavy atom. The second-order valence-electron chi connectivity index (χ2n) is 9.64. The highest BCUT2D eigenvalue weighted by molar-refractivity contribution is 6.27. The largest absolute Gasteiger partial charge is 0.456 e. The van der Waals surface area contributed by atoms with Crippen LogP contribution >= 0.6 is 11.6 Å². The summed E-state index contributed by atoms with van der Waals surface area (Å²) in [6.07, 6.45) is 9.32. The van der Waals surface area contributed by atoms with Gasteiger partial charge >= 0.3 is 0 Å². The lowest BCUT2D eigenvalue weighted by molar-refractivity contribution is -0.118. The maximum absolute atomic E-state index is 13.6. The zero-order chi connectivity index (χ0) is 26.7. The first-order valence-corrected chi connectivity index (χ1v) is 14.0. The number of alkyl halides is 1. The molecular weight excluding hydrogens is 501 g/mol. The molecule has 1 heterocycles. The molecule has 1 aliphatic carbocycles. The molecule has 0 radical (unpaired) electrons. The van der Waals surface area contributed by atoms with Gasteiger partial charge in [-0.25, -0.2) is 4.39 Å². The Balaban J connectivity index is 1.29. The van der Waals surface area contributed by atoms with Crippen LogP contribution < -0.4 is 16.0 Å². The molecule has 2 aromatic rings. The fourth-order valence-corrected chi connectivity index (χ4v) is 4.84. The van der Waals surface area contributed by atoms with Crippen LogP contribution in [0.2, 0.25) is 0 Å². The van der Waals surface area contributed by atoms with Gasteiger partial charge in [-0.2, -0.15) is 0 Å². The number of carbonyl (C=O) groups excluding carboxylic acids is 1. The molecule has 0 aromatic heterocycles. The van der Waals surface area contributed by atoms with Gasteiger partial charge in [0.15, 0.2) is 0 Å². The number of amides is 1. The average molecular weight is 536 g/mol. The molecule has 5 nitrogen and oxygen atoms in total. The van der Waals surface area contributed by atoms with Gasteiger partial charge in [0.1, 0.15) is 23.0 Å². The second-order valence-corrected chi connectivity index (χ2v) is 9.91. The van der Waals surface area contributed by atoms with E-state index in [-0.39, 0.29) is 17.6 Å². The molecule has 2 aliphatic rings. The zero-order valence-electron chi connectivity index (χ0n) is 21.6. The lowest BCUT2D eigenvalue weighted by Gasteiger charge is -2.16. The number of hydrogen-bond donors (Lipinski definition) is 3. The van der Waals surface area contributed by atoms with Gasteiger partial charge in [-0.3, -0.25) is 4.79 Å². The number of fused-ring (bicyclic) bond motifs is 2. The number of carbonyl (C=O) groups is 1. The van der Waals surface area contributed by atoms with Crippen molar-refractivity contribution in [3.63, 3.8) is 0 Å². The fourth-order valence-electron chi connectivity index (χ4n) is 4.75. The molecule has 0 fully saturated rings. The molecule has 0 spiro atoms. The maximum Gasteiger partial charge on any atom is 0.234 e. The van der Waals surface area contributed by atoms with Crippen LogP contribution in [0.25, 0.3) is 33.4 Å². The molecule has 0 unspecified atom stereocenters. The summed E-state index contributed by atoms with van der Waals surface area (Å²) >= 11 is 5.46. The van der Waals surface area contributed by atoms with Crippen LogP contribution in [0.5, 0.6) is 0 Å². The van der Waals surface area contributed by atoms with Crippen LogP contribution in [-0.2, 0) is 4.79 Å². The Bertz CT molecular complexity index is 1370. The quantitative estimate of drug-likeness (QED) is 0.0878. The Hall–Kier alpha value is -3.38. The van der Waals surface area contributed by atoms with Gasteiger partial charge < -0.3 is 20.5 Å². The van der Waals surface area contributed by atoms with E-state index in [1.165, 1.54) is 44.2 Å². The van der Waals surface area contributed by atoms with Gasteiger partial charge in [0.05, 0.1) is 5.36 Å². The topological polar surface area (TPSA) is 78.1 Å². The van der Waals surface area contributed by atoms with Crippen molar-refractivity contribution < 1.29 is 13.6 Å². The van der Waals surface area contributed by atoms with E-state index in [4.69, 9.17) is 21.4 Å². The third-order valence-electron chi connectivity index (χ3n) is 6.73. The number of unbranched alkanes of at least 4 members (excludes halogenated alkanes) is 7. The first-order chi connectivity index (χ1) is 18.5. The zero-order valence-corrected chi connectivity index (χ0v) is 22.4. The predicted molar refractivity (Wildman–Crippen MR) is 153 cm³/mol. The first kappa shape index (κ1) is 27.6. The maximum atomic E-state index is 13.6. The molecule has 1 aliphatic heterocycles. The minimum absolute atomic E-state index is 0.0359. The van der Waals surface area contributed by atoms with E-state index in [9.17, 15) is 9.18 Å². The smallest absolute Gasteiger partial charge is 0.234 e. The highest BCUT2D eigenvalue weighted by atomic mass is 35.5. The van der Waals surface area contributed by atoms with Crippen molar-refractivity contribution in [2.24, 2.45) is 0 Å². The van der Waals surface area contributed by atoms with Gasteiger partial charge in [-0.15, -0.1) is 11.6 Å².